The van der Waals surface area contributed by atoms with E-state index in [1.54, 1.807) is 14.2 Å². The maximum Gasteiger partial charge on any atom is 0.240 e. The molecule has 0 saturated carbocycles. The van der Waals surface area contributed by atoms with Crippen molar-refractivity contribution in [1.82, 2.24) is 5.01 Å². The van der Waals surface area contributed by atoms with Gasteiger partial charge in [0.15, 0.2) is 11.5 Å². The highest BCUT2D eigenvalue weighted by Crippen LogP contribution is 2.38. The third-order valence-electron chi connectivity index (χ3n) is 4.53. The van der Waals surface area contributed by atoms with E-state index in [4.69, 9.17) is 14.2 Å². The number of methoxy groups -OCH3 is 2. The summed E-state index contributed by atoms with van der Waals surface area (Å²) in [7, 11) is 3.20. The summed E-state index contributed by atoms with van der Waals surface area (Å²) in [6, 6.07) is 13.2. The van der Waals surface area contributed by atoms with Crippen LogP contribution in [0, 0.1) is 0 Å². The first-order valence-electron chi connectivity index (χ1n) is 8.90. The van der Waals surface area contributed by atoms with Gasteiger partial charge >= 0.3 is 0 Å². The maximum absolute atomic E-state index is 12.2. The van der Waals surface area contributed by atoms with Gasteiger partial charge in [0.05, 0.1) is 32.6 Å². The quantitative estimate of drug-likeness (QED) is 0.778. The van der Waals surface area contributed by atoms with Gasteiger partial charge in [-0.2, -0.15) is 5.10 Å². The SMILES string of the molecule is CCOc1ccccc1[C@@H]1CC(c2ccc(OC)c(OC)c2)=NN1C(C)=O. The predicted octanol–water partition coefficient (Wildman–Crippen LogP) is 3.80. The second-order valence-electron chi connectivity index (χ2n) is 6.17. The lowest BCUT2D eigenvalue weighted by Crippen LogP contribution is -2.24. The van der Waals surface area contributed by atoms with Gasteiger partial charge in [-0.15, -0.1) is 0 Å². The summed E-state index contributed by atoms with van der Waals surface area (Å²) >= 11 is 0. The summed E-state index contributed by atoms with van der Waals surface area (Å²) in [6.45, 7) is 4.03. The Morgan fingerprint density at radius 3 is 2.52 bits per heavy atom. The van der Waals surface area contributed by atoms with E-state index in [1.165, 1.54) is 11.9 Å². The molecule has 0 N–H and O–H groups in total. The number of hydrogen-bond acceptors (Lipinski definition) is 5. The smallest absolute Gasteiger partial charge is 0.240 e. The summed E-state index contributed by atoms with van der Waals surface area (Å²) in [6.07, 6.45) is 0.596. The first-order chi connectivity index (χ1) is 13.1. The topological polar surface area (TPSA) is 60.4 Å². The Bertz CT molecular complexity index is 863. The number of benzene rings is 2. The first-order valence-corrected chi connectivity index (χ1v) is 8.90. The van der Waals surface area contributed by atoms with Crippen LogP contribution in [0.4, 0.5) is 0 Å². The summed E-state index contributed by atoms with van der Waals surface area (Å²) in [4.78, 5) is 12.2. The summed E-state index contributed by atoms with van der Waals surface area (Å²) in [5.74, 6) is 1.95. The minimum Gasteiger partial charge on any atom is -0.494 e. The van der Waals surface area contributed by atoms with Crippen molar-refractivity contribution in [1.29, 1.82) is 0 Å². The number of carbonyl (C=O) groups is 1. The average Bonchev–Trinajstić information content (AvgIpc) is 3.13. The van der Waals surface area contributed by atoms with Crippen molar-refractivity contribution >= 4 is 11.6 Å². The van der Waals surface area contributed by atoms with Crippen LogP contribution < -0.4 is 14.2 Å². The zero-order valence-corrected chi connectivity index (χ0v) is 16.1. The van der Waals surface area contributed by atoms with E-state index >= 15 is 0 Å². The molecule has 3 rings (SSSR count). The molecule has 2 aromatic carbocycles. The molecule has 0 fully saturated rings. The molecule has 1 aliphatic heterocycles. The minimum absolute atomic E-state index is 0.109. The zero-order chi connectivity index (χ0) is 19.4. The van der Waals surface area contributed by atoms with Crippen LogP contribution in [0.15, 0.2) is 47.6 Å². The van der Waals surface area contributed by atoms with Gasteiger partial charge in [-0.1, -0.05) is 18.2 Å². The lowest BCUT2D eigenvalue weighted by atomic mass is 9.97. The van der Waals surface area contributed by atoms with E-state index in [1.807, 2.05) is 49.4 Å². The molecule has 1 atom stereocenters. The van der Waals surface area contributed by atoms with Crippen LogP contribution in [0.25, 0.3) is 0 Å². The fraction of sp³-hybridized carbons (Fsp3) is 0.333. The molecule has 6 heteroatoms. The molecular weight excluding hydrogens is 344 g/mol. The Balaban J connectivity index is 1.97. The molecule has 0 saturated heterocycles. The average molecular weight is 368 g/mol. The molecule has 142 valence electrons. The van der Waals surface area contributed by atoms with Crippen LogP contribution in [-0.2, 0) is 4.79 Å². The third-order valence-corrected chi connectivity index (χ3v) is 4.53. The highest BCUT2D eigenvalue weighted by molar-refractivity contribution is 6.03. The second kappa shape index (κ2) is 8.12. The molecule has 1 amide bonds. The molecule has 27 heavy (non-hydrogen) atoms. The van der Waals surface area contributed by atoms with E-state index in [2.05, 4.69) is 5.10 Å². The monoisotopic (exact) mass is 368 g/mol. The Morgan fingerprint density at radius 2 is 1.85 bits per heavy atom. The Labute approximate surface area is 159 Å². The molecule has 0 radical (unpaired) electrons. The number of hydrazone groups is 1. The van der Waals surface area contributed by atoms with Crippen LogP contribution in [-0.4, -0.2) is 37.5 Å². The van der Waals surface area contributed by atoms with Crippen molar-refractivity contribution < 1.29 is 19.0 Å². The highest BCUT2D eigenvalue weighted by atomic mass is 16.5. The fourth-order valence-electron chi connectivity index (χ4n) is 3.28. The Hall–Kier alpha value is -3.02. The molecular formula is C21H24N2O4. The fourth-order valence-corrected chi connectivity index (χ4v) is 3.28. The van der Waals surface area contributed by atoms with Gasteiger partial charge in [0.1, 0.15) is 5.75 Å². The van der Waals surface area contributed by atoms with E-state index < -0.39 is 0 Å². The van der Waals surface area contributed by atoms with Crippen LogP contribution in [0.2, 0.25) is 0 Å². The zero-order valence-electron chi connectivity index (χ0n) is 16.1. The molecule has 2 aromatic rings. The molecule has 0 bridgehead atoms. The van der Waals surface area contributed by atoms with Gasteiger partial charge in [-0.3, -0.25) is 4.79 Å². The Kier molecular flexibility index (Phi) is 5.64. The maximum atomic E-state index is 12.2. The summed E-state index contributed by atoms with van der Waals surface area (Å²) in [5.41, 5.74) is 2.67. The van der Waals surface area contributed by atoms with Crippen LogP contribution in [0.3, 0.4) is 0 Å². The molecule has 1 aliphatic rings. The van der Waals surface area contributed by atoms with E-state index in [0.29, 0.717) is 24.5 Å². The van der Waals surface area contributed by atoms with Crippen molar-refractivity contribution in [2.45, 2.75) is 26.3 Å². The molecule has 0 aliphatic carbocycles. The molecule has 0 spiro atoms. The first kappa shape index (κ1) is 18.8. The van der Waals surface area contributed by atoms with E-state index in [0.717, 1.165) is 22.6 Å². The summed E-state index contributed by atoms with van der Waals surface area (Å²) < 4.78 is 16.5. The standard InChI is InChI=1S/C21H24N2O4/c1-5-27-19-9-7-6-8-16(19)18-13-17(22-23(18)14(2)24)15-10-11-20(25-3)21(12-15)26-4/h6-12,18H,5,13H2,1-4H3/t18-/m0/s1. The second-order valence-corrected chi connectivity index (χ2v) is 6.17. The lowest BCUT2D eigenvalue weighted by Gasteiger charge is -2.22. The molecule has 0 aromatic heterocycles. The van der Waals surface area contributed by atoms with E-state index in [9.17, 15) is 4.79 Å². The van der Waals surface area contributed by atoms with Crippen molar-refractivity contribution in [3.8, 4) is 17.2 Å². The van der Waals surface area contributed by atoms with Gasteiger partial charge in [-0.25, -0.2) is 5.01 Å². The van der Waals surface area contributed by atoms with Crippen molar-refractivity contribution in [3.63, 3.8) is 0 Å². The van der Waals surface area contributed by atoms with Crippen LogP contribution in [0.1, 0.15) is 37.4 Å². The minimum atomic E-state index is -0.201. The van der Waals surface area contributed by atoms with Crippen molar-refractivity contribution in [3.05, 3.63) is 53.6 Å². The number of rotatable bonds is 6. The van der Waals surface area contributed by atoms with Gasteiger partial charge in [0, 0.05) is 24.5 Å². The number of para-hydroxylation sites is 1. The van der Waals surface area contributed by atoms with Gasteiger partial charge < -0.3 is 14.2 Å². The molecule has 1 heterocycles. The number of carbonyl (C=O) groups excluding carboxylic acids is 1. The largest absolute Gasteiger partial charge is 0.494 e. The number of amides is 1. The highest BCUT2D eigenvalue weighted by Gasteiger charge is 2.33. The predicted molar refractivity (Wildman–Crippen MR) is 104 cm³/mol. The molecule has 0 unspecified atom stereocenters. The van der Waals surface area contributed by atoms with E-state index in [-0.39, 0.29) is 11.9 Å². The van der Waals surface area contributed by atoms with Crippen LogP contribution >= 0.6 is 0 Å². The number of nitrogens with zero attached hydrogens (tertiary/aromatic N) is 2. The van der Waals surface area contributed by atoms with Crippen molar-refractivity contribution in [2.24, 2.45) is 5.10 Å². The normalized spacial score (nSPS) is 16.1. The number of ether oxygens (including phenoxy) is 3. The van der Waals surface area contributed by atoms with Crippen molar-refractivity contribution in [2.75, 3.05) is 20.8 Å². The van der Waals surface area contributed by atoms with Crippen LogP contribution in [0.5, 0.6) is 17.2 Å². The van der Waals surface area contributed by atoms with Gasteiger partial charge in [-0.05, 0) is 31.2 Å². The third kappa shape index (κ3) is 3.74. The molecule has 6 nitrogen and oxygen atoms in total. The lowest BCUT2D eigenvalue weighted by molar-refractivity contribution is -0.130. The van der Waals surface area contributed by atoms with Gasteiger partial charge in [0.2, 0.25) is 5.91 Å². The Morgan fingerprint density at radius 1 is 1.11 bits per heavy atom. The number of hydrogen-bond donors (Lipinski definition) is 0. The van der Waals surface area contributed by atoms with Gasteiger partial charge in [0.25, 0.3) is 0 Å². The summed E-state index contributed by atoms with van der Waals surface area (Å²) in [5, 5.41) is 6.13.